The van der Waals surface area contributed by atoms with Crippen molar-refractivity contribution in [3.63, 3.8) is 0 Å². The van der Waals surface area contributed by atoms with Gasteiger partial charge in [0.1, 0.15) is 5.75 Å². The Morgan fingerprint density at radius 3 is 2.56 bits per heavy atom. The van der Waals surface area contributed by atoms with E-state index in [0.717, 1.165) is 5.56 Å². The number of halogens is 1. The molecule has 2 aromatic carbocycles. The molecule has 2 aromatic rings. The number of hydrazine groups is 1. The lowest BCUT2D eigenvalue weighted by Gasteiger charge is -2.11. The maximum absolute atomic E-state index is 11.8. The van der Waals surface area contributed by atoms with Gasteiger partial charge in [-0.25, -0.2) is 0 Å². The molecule has 0 heterocycles. The molecule has 0 saturated carbocycles. The summed E-state index contributed by atoms with van der Waals surface area (Å²) in [6.45, 7) is 1.69. The Kier molecular flexibility index (Phi) is 7.79. The predicted octanol–water partition coefficient (Wildman–Crippen LogP) is 2.76. The van der Waals surface area contributed by atoms with E-state index in [0.29, 0.717) is 16.3 Å². The standard InChI is InChI=1S/C19H18ClN3O3S/c1-13-6-2-5-9-16(13)26-12-18(25)22-23-19(27)21-17(24)11-10-14-7-3-4-8-15(14)20/h2-11H,12H2,1H3,(H,22,25)(H2,21,23,24,27). The number of hydrogen-bond donors (Lipinski definition) is 3. The van der Waals surface area contributed by atoms with Gasteiger partial charge in [0.15, 0.2) is 11.7 Å². The van der Waals surface area contributed by atoms with E-state index < -0.39 is 11.8 Å². The maximum atomic E-state index is 11.8. The van der Waals surface area contributed by atoms with Crippen molar-refractivity contribution in [2.24, 2.45) is 0 Å². The lowest BCUT2D eigenvalue weighted by atomic mass is 10.2. The first-order valence-corrected chi connectivity index (χ1v) is 8.75. The summed E-state index contributed by atoms with van der Waals surface area (Å²) < 4.78 is 5.40. The molecule has 2 rings (SSSR count). The Morgan fingerprint density at radius 1 is 1.11 bits per heavy atom. The monoisotopic (exact) mass is 403 g/mol. The zero-order chi connectivity index (χ0) is 19.6. The summed E-state index contributed by atoms with van der Waals surface area (Å²) in [7, 11) is 0. The summed E-state index contributed by atoms with van der Waals surface area (Å²) in [6.07, 6.45) is 2.85. The van der Waals surface area contributed by atoms with Crippen molar-refractivity contribution in [1.29, 1.82) is 0 Å². The molecule has 140 valence electrons. The summed E-state index contributed by atoms with van der Waals surface area (Å²) in [6, 6.07) is 14.5. The van der Waals surface area contributed by atoms with Gasteiger partial charge in [0.2, 0.25) is 5.91 Å². The molecule has 3 N–H and O–H groups in total. The summed E-state index contributed by atoms with van der Waals surface area (Å²) in [5.41, 5.74) is 6.41. The topological polar surface area (TPSA) is 79.5 Å². The van der Waals surface area contributed by atoms with Gasteiger partial charge in [-0.05, 0) is 48.5 Å². The number of rotatable bonds is 5. The van der Waals surface area contributed by atoms with Crippen molar-refractivity contribution in [3.8, 4) is 5.75 Å². The van der Waals surface area contributed by atoms with Gasteiger partial charge in [-0.1, -0.05) is 48.0 Å². The fraction of sp³-hybridized carbons (Fsp3) is 0.105. The fourth-order valence-corrected chi connectivity index (χ4v) is 2.34. The van der Waals surface area contributed by atoms with Crippen molar-refractivity contribution in [3.05, 3.63) is 70.8 Å². The second-order valence-corrected chi connectivity index (χ2v) is 6.22. The molecule has 0 aliphatic heterocycles. The molecule has 2 amide bonds. The SMILES string of the molecule is Cc1ccccc1OCC(=O)NNC(=S)NC(=O)C=Cc1ccccc1Cl. The zero-order valence-corrected chi connectivity index (χ0v) is 16.1. The van der Waals surface area contributed by atoms with Crippen molar-refractivity contribution < 1.29 is 14.3 Å². The lowest BCUT2D eigenvalue weighted by Crippen LogP contribution is -2.49. The summed E-state index contributed by atoms with van der Waals surface area (Å²) in [4.78, 5) is 23.6. The van der Waals surface area contributed by atoms with Gasteiger partial charge in [-0.15, -0.1) is 0 Å². The van der Waals surface area contributed by atoms with Crippen molar-refractivity contribution in [1.82, 2.24) is 16.2 Å². The highest BCUT2D eigenvalue weighted by Gasteiger charge is 2.06. The smallest absolute Gasteiger partial charge is 0.276 e. The molecule has 0 saturated heterocycles. The molecule has 8 heteroatoms. The van der Waals surface area contributed by atoms with Crippen LogP contribution in [0.2, 0.25) is 5.02 Å². The Hall–Kier alpha value is -2.90. The molecule has 0 aliphatic carbocycles. The van der Waals surface area contributed by atoms with Crippen LogP contribution in [0.4, 0.5) is 0 Å². The Labute approximate surface area is 167 Å². The number of nitrogens with one attached hydrogen (secondary N) is 3. The molecule has 0 aliphatic rings. The largest absolute Gasteiger partial charge is 0.483 e. The second kappa shape index (κ2) is 10.3. The molecule has 0 atom stereocenters. The number of para-hydroxylation sites is 1. The first-order chi connectivity index (χ1) is 13.0. The third kappa shape index (κ3) is 7.08. The van der Waals surface area contributed by atoms with Crippen LogP contribution in [0.15, 0.2) is 54.6 Å². The van der Waals surface area contributed by atoms with Crippen molar-refractivity contribution in [2.45, 2.75) is 6.92 Å². The quantitative estimate of drug-likeness (QED) is 0.406. The molecular formula is C19H18ClN3O3S. The molecule has 0 radical (unpaired) electrons. The number of carbonyl (C=O) groups is 2. The van der Waals surface area contributed by atoms with E-state index in [4.69, 9.17) is 28.6 Å². The van der Waals surface area contributed by atoms with Crippen LogP contribution >= 0.6 is 23.8 Å². The minimum Gasteiger partial charge on any atom is -0.483 e. The number of thiocarbonyl (C=S) groups is 1. The number of carbonyl (C=O) groups excluding carboxylic acids is 2. The molecule has 0 aromatic heterocycles. The minimum atomic E-state index is -0.460. The number of amides is 2. The summed E-state index contributed by atoms with van der Waals surface area (Å²) in [5.74, 6) is -0.285. The second-order valence-electron chi connectivity index (χ2n) is 5.40. The van der Waals surface area contributed by atoms with E-state index in [-0.39, 0.29) is 11.7 Å². The van der Waals surface area contributed by atoms with Crippen LogP contribution in [0.1, 0.15) is 11.1 Å². The Balaban J connectivity index is 1.72. The summed E-state index contributed by atoms with van der Waals surface area (Å²) in [5, 5.41) is 2.89. The van der Waals surface area contributed by atoms with Crippen molar-refractivity contribution in [2.75, 3.05) is 6.61 Å². The molecule has 27 heavy (non-hydrogen) atoms. The van der Waals surface area contributed by atoms with Gasteiger partial charge in [0.25, 0.3) is 5.91 Å². The molecule has 6 nitrogen and oxygen atoms in total. The van der Waals surface area contributed by atoms with Crippen LogP contribution < -0.4 is 20.9 Å². The van der Waals surface area contributed by atoms with Gasteiger partial charge in [0, 0.05) is 11.1 Å². The van der Waals surface area contributed by atoms with E-state index in [1.165, 1.54) is 6.08 Å². The van der Waals surface area contributed by atoms with Gasteiger partial charge >= 0.3 is 0 Å². The average molecular weight is 404 g/mol. The van der Waals surface area contributed by atoms with Gasteiger partial charge in [-0.3, -0.25) is 25.8 Å². The van der Waals surface area contributed by atoms with Crippen LogP contribution in [0.5, 0.6) is 5.75 Å². The first-order valence-electron chi connectivity index (χ1n) is 7.96. The van der Waals surface area contributed by atoms with E-state index >= 15 is 0 Å². The Bertz CT molecular complexity index is 871. The number of hydrogen-bond acceptors (Lipinski definition) is 4. The van der Waals surface area contributed by atoms with E-state index in [1.807, 2.05) is 31.2 Å². The maximum Gasteiger partial charge on any atom is 0.276 e. The van der Waals surface area contributed by atoms with E-state index in [1.54, 1.807) is 30.3 Å². The van der Waals surface area contributed by atoms with Gasteiger partial charge in [-0.2, -0.15) is 0 Å². The van der Waals surface area contributed by atoms with Crippen LogP contribution in [0.25, 0.3) is 6.08 Å². The zero-order valence-electron chi connectivity index (χ0n) is 14.5. The normalized spacial score (nSPS) is 10.3. The highest BCUT2D eigenvalue weighted by Crippen LogP contribution is 2.16. The molecule has 0 spiro atoms. The minimum absolute atomic E-state index is 0.0481. The van der Waals surface area contributed by atoms with Gasteiger partial charge < -0.3 is 4.74 Å². The Morgan fingerprint density at radius 2 is 1.81 bits per heavy atom. The highest BCUT2D eigenvalue weighted by molar-refractivity contribution is 7.80. The average Bonchev–Trinajstić information content (AvgIpc) is 2.65. The third-order valence-electron chi connectivity index (χ3n) is 3.32. The molecular weight excluding hydrogens is 386 g/mol. The predicted molar refractivity (Wildman–Crippen MR) is 109 cm³/mol. The lowest BCUT2D eigenvalue weighted by molar-refractivity contribution is -0.123. The number of ether oxygens (including phenoxy) is 1. The fourth-order valence-electron chi connectivity index (χ4n) is 1.98. The van der Waals surface area contributed by atoms with Crippen LogP contribution in [0.3, 0.4) is 0 Å². The van der Waals surface area contributed by atoms with Crippen LogP contribution in [-0.2, 0) is 9.59 Å². The van der Waals surface area contributed by atoms with Crippen molar-refractivity contribution >= 4 is 46.8 Å². The van der Waals surface area contributed by atoms with E-state index in [9.17, 15) is 9.59 Å². The molecule has 0 unspecified atom stereocenters. The van der Waals surface area contributed by atoms with Crippen LogP contribution in [0, 0.1) is 6.92 Å². The summed E-state index contributed by atoms with van der Waals surface area (Å²) >= 11 is 10.9. The van der Waals surface area contributed by atoms with Gasteiger partial charge in [0.05, 0.1) is 0 Å². The van der Waals surface area contributed by atoms with E-state index in [2.05, 4.69) is 16.2 Å². The molecule has 0 bridgehead atoms. The number of benzene rings is 2. The third-order valence-corrected chi connectivity index (χ3v) is 3.87. The number of aryl methyl sites for hydroxylation is 1. The molecule has 0 fully saturated rings. The first kappa shape index (κ1) is 20.4. The van der Waals surface area contributed by atoms with Crippen LogP contribution in [-0.4, -0.2) is 23.5 Å². The highest BCUT2D eigenvalue weighted by atomic mass is 35.5.